The molecule has 0 radical (unpaired) electrons. The van der Waals surface area contributed by atoms with Crippen molar-refractivity contribution in [1.82, 2.24) is 0 Å². The maximum Gasteiger partial charge on any atom is 0.218 e. The third-order valence-electron chi connectivity index (χ3n) is 6.07. The van der Waals surface area contributed by atoms with Gasteiger partial charge in [-0.05, 0) is 29.5 Å². The van der Waals surface area contributed by atoms with Gasteiger partial charge in [0.1, 0.15) is 6.10 Å². The Kier molecular flexibility index (Phi) is 4.59. The number of benzene rings is 2. The number of fused-ring (bicyclic) bond motifs is 2. The zero-order chi connectivity index (χ0) is 21.6. The largest absolute Gasteiger partial charge is 0.447 e. The molecule has 0 aromatic heterocycles. The fourth-order valence-electron chi connectivity index (χ4n) is 4.71. The lowest BCUT2D eigenvalue weighted by atomic mass is 9.52. The number of nitriles is 3. The molecule has 2 aliphatic rings. The van der Waals surface area contributed by atoms with Gasteiger partial charge in [-0.3, -0.25) is 5.41 Å². The van der Waals surface area contributed by atoms with Crippen LogP contribution in [0.15, 0.2) is 59.5 Å². The molecule has 0 spiro atoms. The number of hydrogen-bond donors (Lipinski definition) is 1. The molecule has 2 fully saturated rings. The van der Waals surface area contributed by atoms with E-state index in [0.717, 1.165) is 4.90 Å². The zero-order valence-electron chi connectivity index (χ0n) is 16.4. The summed E-state index contributed by atoms with van der Waals surface area (Å²) in [6, 6.07) is 22.7. The SMILES string of the molecule is CSc1ccc(C2OC3(C)OC(=N)C(C#N)(C3c3ccccc3)C2(C#N)C#N)cc1. The van der Waals surface area contributed by atoms with Gasteiger partial charge in [-0.2, -0.15) is 15.8 Å². The van der Waals surface area contributed by atoms with Crippen LogP contribution in [-0.4, -0.2) is 17.9 Å². The minimum Gasteiger partial charge on any atom is -0.447 e. The first kappa shape index (κ1) is 20.0. The summed E-state index contributed by atoms with van der Waals surface area (Å²) in [5.41, 5.74) is -2.54. The molecule has 2 bridgehead atoms. The standard InChI is InChI=1S/C23H18N4O2S/c1-21-18(15-6-4-3-5-7-15)23(14-26,20(27)29-21)22(12-24,13-25)19(28-21)16-8-10-17(30-2)11-9-16/h3-11,18-19,27H,1-2H3. The van der Waals surface area contributed by atoms with Gasteiger partial charge in [0.2, 0.25) is 17.1 Å². The lowest BCUT2D eigenvalue weighted by molar-refractivity contribution is -0.253. The van der Waals surface area contributed by atoms with Crippen LogP contribution < -0.4 is 0 Å². The second-order valence-corrected chi connectivity index (χ2v) is 8.39. The Morgan fingerprint density at radius 3 is 2.10 bits per heavy atom. The van der Waals surface area contributed by atoms with Crippen LogP contribution in [0.2, 0.25) is 0 Å². The average molecular weight is 414 g/mol. The normalized spacial score (nSPS) is 31.1. The van der Waals surface area contributed by atoms with Crippen LogP contribution in [-0.2, 0) is 9.47 Å². The van der Waals surface area contributed by atoms with E-state index in [1.165, 1.54) is 0 Å². The first-order valence-corrected chi connectivity index (χ1v) is 10.5. The van der Waals surface area contributed by atoms with Crippen molar-refractivity contribution in [2.45, 2.75) is 29.6 Å². The maximum absolute atomic E-state index is 10.4. The van der Waals surface area contributed by atoms with Crippen LogP contribution >= 0.6 is 11.8 Å². The molecule has 148 valence electrons. The Morgan fingerprint density at radius 2 is 1.57 bits per heavy atom. The molecule has 2 aliphatic heterocycles. The van der Waals surface area contributed by atoms with E-state index in [9.17, 15) is 15.8 Å². The van der Waals surface area contributed by atoms with Gasteiger partial charge in [0.25, 0.3) is 0 Å². The predicted molar refractivity (Wildman–Crippen MR) is 110 cm³/mol. The Bertz CT molecular complexity index is 1120. The Balaban J connectivity index is 2.00. The van der Waals surface area contributed by atoms with Gasteiger partial charge in [-0.25, -0.2) is 0 Å². The van der Waals surface area contributed by atoms with Gasteiger partial charge in [-0.1, -0.05) is 42.5 Å². The highest BCUT2D eigenvalue weighted by Crippen LogP contribution is 2.69. The minimum atomic E-state index is -1.98. The second kappa shape index (κ2) is 6.89. The van der Waals surface area contributed by atoms with Crippen molar-refractivity contribution in [3.05, 3.63) is 65.7 Å². The average Bonchev–Trinajstić information content (AvgIpc) is 2.97. The summed E-state index contributed by atoms with van der Waals surface area (Å²) in [5, 5.41) is 39.6. The summed E-state index contributed by atoms with van der Waals surface area (Å²) >= 11 is 1.57. The van der Waals surface area contributed by atoms with E-state index in [2.05, 4.69) is 18.2 Å². The smallest absolute Gasteiger partial charge is 0.218 e. The first-order chi connectivity index (χ1) is 14.4. The fraction of sp³-hybridized carbons (Fsp3) is 0.304. The molecule has 4 rings (SSSR count). The number of rotatable bonds is 3. The number of ether oxygens (including phenoxy) is 2. The summed E-state index contributed by atoms with van der Waals surface area (Å²) in [6.45, 7) is 1.67. The quantitative estimate of drug-likeness (QED) is 0.738. The predicted octanol–water partition coefficient (Wildman–Crippen LogP) is 4.53. The summed E-state index contributed by atoms with van der Waals surface area (Å²) in [5.74, 6) is -2.61. The Morgan fingerprint density at radius 1 is 0.933 bits per heavy atom. The van der Waals surface area contributed by atoms with E-state index < -0.39 is 34.5 Å². The molecule has 1 N–H and O–H groups in total. The van der Waals surface area contributed by atoms with Gasteiger partial charge in [0.15, 0.2) is 5.41 Å². The minimum absolute atomic E-state index is 0.410. The third kappa shape index (κ3) is 2.36. The van der Waals surface area contributed by atoms with E-state index in [1.807, 2.05) is 24.5 Å². The van der Waals surface area contributed by atoms with E-state index in [4.69, 9.17) is 14.9 Å². The van der Waals surface area contributed by atoms with Crippen LogP contribution in [0, 0.1) is 50.2 Å². The van der Waals surface area contributed by atoms with E-state index in [0.29, 0.717) is 11.1 Å². The molecule has 7 heteroatoms. The molecular weight excluding hydrogens is 396 g/mol. The Labute approximate surface area is 179 Å². The number of hydrogen-bond acceptors (Lipinski definition) is 7. The third-order valence-corrected chi connectivity index (χ3v) is 6.81. The van der Waals surface area contributed by atoms with Crippen LogP contribution in [0.5, 0.6) is 0 Å². The second-order valence-electron chi connectivity index (χ2n) is 7.51. The summed E-state index contributed by atoms with van der Waals surface area (Å²) < 4.78 is 12.1. The van der Waals surface area contributed by atoms with Crippen LogP contribution in [0.4, 0.5) is 0 Å². The molecule has 0 aliphatic carbocycles. The Hall–Kier alpha value is -3.31. The highest BCUT2D eigenvalue weighted by Gasteiger charge is 2.79. The van der Waals surface area contributed by atoms with Crippen molar-refractivity contribution >= 4 is 17.7 Å². The molecule has 30 heavy (non-hydrogen) atoms. The summed E-state index contributed by atoms with van der Waals surface area (Å²) in [6.07, 6.45) is 0.892. The topological polar surface area (TPSA) is 114 Å². The maximum atomic E-state index is 10.4. The van der Waals surface area contributed by atoms with Crippen LogP contribution in [0.3, 0.4) is 0 Å². The van der Waals surface area contributed by atoms with Crippen LogP contribution in [0.25, 0.3) is 0 Å². The van der Waals surface area contributed by atoms with Crippen molar-refractivity contribution in [2.24, 2.45) is 10.8 Å². The van der Waals surface area contributed by atoms with Crippen molar-refractivity contribution in [3.63, 3.8) is 0 Å². The molecule has 6 nitrogen and oxygen atoms in total. The van der Waals surface area contributed by atoms with Gasteiger partial charge in [0, 0.05) is 11.8 Å². The van der Waals surface area contributed by atoms with Gasteiger partial charge in [-0.15, -0.1) is 11.8 Å². The molecule has 2 aromatic carbocycles. The van der Waals surface area contributed by atoms with Crippen molar-refractivity contribution in [1.29, 1.82) is 21.2 Å². The molecule has 4 atom stereocenters. The van der Waals surface area contributed by atoms with Gasteiger partial charge < -0.3 is 9.47 Å². The molecule has 2 aromatic rings. The molecule has 2 saturated heterocycles. The van der Waals surface area contributed by atoms with Crippen molar-refractivity contribution < 1.29 is 9.47 Å². The molecule has 2 heterocycles. The molecule has 0 saturated carbocycles. The van der Waals surface area contributed by atoms with E-state index in [-0.39, 0.29) is 0 Å². The number of thioether (sulfide) groups is 1. The number of nitrogens with zero attached hydrogens (tertiary/aromatic N) is 3. The molecule has 4 unspecified atom stereocenters. The fourth-order valence-corrected chi connectivity index (χ4v) is 5.12. The van der Waals surface area contributed by atoms with E-state index in [1.54, 1.807) is 55.1 Å². The molecule has 0 amide bonds. The highest BCUT2D eigenvalue weighted by molar-refractivity contribution is 7.98. The first-order valence-electron chi connectivity index (χ1n) is 9.31. The van der Waals surface area contributed by atoms with Crippen molar-refractivity contribution in [2.75, 3.05) is 6.26 Å². The summed E-state index contributed by atoms with van der Waals surface area (Å²) in [7, 11) is 0. The van der Waals surface area contributed by atoms with E-state index >= 15 is 0 Å². The van der Waals surface area contributed by atoms with Gasteiger partial charge >= 0.3 is 0 Å². The number of nitrogens with one attached hydrogen (secondary N) is 1. The van der Waals surface area contributed by atoms with Crippen molar-refractivity contribution in [3.8, 4) is 18.2 Å². The lowest BCUT2D eigenvalue weighted by Gasteiger charge is -2.48. The molecular formula is C23H18N4O2S. The van der Waals surface area contributed by atoms with Gasteiger partial charge in [0.05, 0.1) is 24.1 Å². The zero-order valence-corrected chi connectivity index (χ0v) is 17.2. The van der Waals surface area contributed by atoms with Crippen LogP contribution in [0.1, 0.15) is 30.1 Å². The lowest BCUT2D eigenvalue weighted by Crippen LogP contribution is -2.57. The monoisotopic (exact) mass is 414 g/mol. The highest BCUT2D eigenvalue weighted by atomic mass is 32.2. The summed E-state index contributed by atoms with van der Waals surface area (Å²) in [4.78, 5) is 1.02.